The predicted octanol–water partition coefficient (Wildman–Crippen LogP) is 8.88. The number of para-hydroxylation sites is 1. The van der Waals surface area contributed by atoms with Gasteiger partial charge in [-0.15, -0.1) is 0 Å². The van der Waals surface area contributed by atoms with E-state index in [1.54, 1.807) is 19.2 Å². The van der Waals surface area contributed by atoms with Crippen molar-refractivity contribution in [2.24, 2.45) is 4.99 Å². The van der Waals surface area contributed by atoms with Crippen molar-refractivity contribution in [1.82, 2.24) is 4.90 Å². The number of ether oxygens (including phenoxy) is 2. The fraction of sp³-hybridized carbons (Fsp3) is 0.267. The molecule has 0 aromatic heterocycles. The topological polar surface area (TPSA) is 51.1 Å². The van der Waals surface area contributed by atoms with Crippen LogP contribution in [0.5, 0.6) is 11.5 Å². The van der Waals surface area contributed by atoms with Gasteiger partial charge in [0.05, 0.1) is 22.2 Å². The Labute approximate surface area is 248 Å². The third-order valence-electron chi connectivity index (χ3n) is 6.72. The molecule has 1 aliphatic heterocycles. The first kappa shape index (κ1) is 27.9. The maximum atomic E-state index is 13.8. The van der Waals surface area contributed by atoms with Crippen molar-refractivity contribution in [2.45, 2.75) is 44.8 Å². The Balaban J connectivity index is 1.46. The molecule has 1 heterocycles. The highest BCUT2D eigenvalue weighted by Crippen LogP contribution is 2.45. The zero-order valence-electron chi connectivity index (χ0n) is 21.3. The van der Waals surface area contributed by atoms with E-state index in [1.165, 1.54) is 30.3 Å². The highest BCUT2D eigenvalue weighted by atomic mass is 79.9. The smallest absolute Gasteiger partial charge is 0.267 e. The van der Waals surface area contributed by atoms with Gasteiger partial charge in [0.15, 0.2) is 16.7 Å². The number of benzene rings is 3. The minimum absolute atomic E-state index is 0.0276. The molecule has 3 aromatic carbocycles. The molecule has 5 rings (SSSR count). The molecule has 5 nitrogen and oxygen atoms in total. The molecule has 1 aliphatic carbocycles. The van der Waals surface area contributed by atoms with Crippen LogP contribution in [0.15, 0.2) is 79.5 Å². The highest BCUT2D eigenvalue weighted by molar-refractivity contribution is 9.13. The van der Waals surface area contributed by atoms with E-state index >= 15 is 0 Å². The van der Waals surface area contributed by atoms with Crippen LogP contribution < -0.4 is 9.47 Å². The van der Waals surface area contributed by atoms with Crippen molar-refractivity contribution >= 4 is 66.5 Å². The molecule has 0 bridgehead atoms. The van der Waals surface area contributed by atoms with E-state index in [-0.39, 0.29) is 24.4 Å². The monoisotopic (exact) mass is 672 g/mol. The third kappa shape index (κ3) is 6.42. The zero-order chi connectivity index (χ0) is 27.4. The summed E-state index contributed by atoms with van der Waals surface area (Å²) in [4.78, 5) is 21.1. The summed E-state index contributed by atoms with van der Waals surface area (Å²) in [6.45, 7) is 0.242. The second-order valence-corrected chi connectivity index (χ2v) is 11.9. The zero-order valence-corrected chi connectivity index (χ0v) is 25.3. The molecular formula is C30H27Br2FN2O3S. The fourth-order valence-electron chi connectivity index (χ4n) is 4.71. The van der Waals surface area contributed by atoms with Crippen LogP contribution in [0.4, 0.5) is 10.1 Å². The minimum Gasteiger partial charge on any atom is -0.493 e. The maximum Gasteiger partial charge on any atom is 0.267 e. The van der Waals surface area contributed by atoms with Crippen molar-refractivity contribution in [2.75, 3.05) is 7.11 Å². The molecule has 39 heavy (non-hydrogen) atoms. The van der Waals surface area contributed by atoms with Gasteiger partial charge >= 0.3 is 0 Å². The number of halogens is 3. The van der Waals surface area contributed by atoms with Crippen LogP contribution in [0, 0.1) is 5.82 Å². The van der Waals surface area contributed by atoms with E-state index in [2.05, 4.69) is 31.9 Å². The van der Waals surface area contributed by atoms with Gasteiger partial charge in [0.2, 0.25) is 0 Å². The van der Waals surface area contributed by atoms with Gasteiger partial charge in [-0.25, -0.2) is 9.38 Å². The lowest BCUT2D eigenvalue weighted by Crippen LogP contribution is -2.40. The maximum absolute atomic E-state index is 13.8. The van der Waals surface area contributed by atoms with E-state index in [4.69, 9.17) is 14.5 Å². The molecule has 0 radical (unpaired) electrons. The van der Waals surface area contributed by atoms with Crippen molar-refractivity contribution in [3.63, 3.8) is 0 Å². The van der Waals surface area contributed by atoms with E-state index in [0.717, 1.165) is 47.0 Å². The van der Waals surface area contributed by atoms with E-state index < -0.39 is 0 Å². The molecule has 0 atom stereocenters. The number of aliphatic imine (C=N–C) groups is 1. The van der Waals surface area contributed by atoms with Gasteiger partial charge in [-0.05, 0) is 104 Å². The average Bonchev–Trinajstić information content (AvgIpc) is 3.26. The summed E-state index contributed by atoms with van der Waals surface area (Å²) in [6, 6.07) is 17.9. The largest absolute Gasteiger partial charge is 0.493 e. The standard InChI is InChI=1S/C30H27Br2FN2O3S/c1-37-24-16-20(26(31)27(32)28(24)38-18-19-12-14-21(33)15-13-19)17-25-29(36)35(23-10-6-3-7-11-23)30(39-25)34-22-8-4-2-5-9-22/h2,4-5,8-9,12-17,23H,3,6-7,10-11,18H2,1H3/b25-17-,34-30?. The lowest BCUT2D eigenvalue weighted by molar-refractivity contribution is -0.124. The molecule has 2 aliphatic rings. The first-order valence-corrected chi connectivity index (χ1v) is 15.1. The summed E-state index contributed by atoms with van der Waals surface area (Å²) in [6.07, 6.45) is 7.28. The van der Waals surface area contributed by atoms with Crippen LogP contribution in [0.1, 0.15) is 43.2 Å². The van der Waals surface area contributed by atoms with Gasteiger partial charge in [0.25, 0.3) is 5.91 Å². The molecule has 3 aromatic rings. The molecule has 202 valence electrons. The number of amides is 1. The summed E-state index contributed by atoms with van der Waals surface area (Å²) in [5, 5.41) is 0.714. The summed E-state index contributed by atoms with van der Waals surface area (Å²) < 4.78 is 26.4. The quantitative estimate of drug-likeness (QED) is 0.235. The average molecular weight is 674 g/mol. The van der Waals surface area contributed by atoms with Crippen LogP contribution in [-0.4, -0.2) is 29.1 Å². The Morgan fingerprint density at radius 2 is 1.77 bits per heavy atom. The SMILES string of the molecule is COc1cc(/C=C2\SC(=Nc3ccccc3)N(C3CCCCC3)C2=O)c(Br)c(Br)c1OCc1ccc(F)cc1. The molecule has 2 fully saturated rings. The molecule has 1 saturated heterocycles. The Hall–Kier alpha value is -2.62. The molecule has 1 amide bonds. The van der Waals surface area contributed by atoms with Gasteiger partial charge in [0.1, 0.15) is 12.4 Å². The summed E-state index contributed by atoms with van der Waals surface area (Å²) in [7, 11) is 1.57. The van der Waals surface area contributed by atoms with Crippen molar-refractivity contribution < 1.29 is 18.7 Å². The number of nitrogens with zero attached hydrogens (tertiary/aromatic N) is 2. The summed E-state index contributed by atoms with van der Waals surface area (Å²) >= 11 is 8.71. The number of carbonyl (C=O) groups is 1. The lowest BCUT2D eigenvalue weighted by atomic mass is 9.94. The van der Waals surface area contributed by atoms with Crippen LogP contribution in [0.3, 0.4) is 0 Å². The first-order chi connectivity index (χ1) is 18.9. The number of amidine groups is 1. The number of rotatable bonds is 7. The van der Waals surface area contributed by atoms with Crippen LogP contribution in [0.2, 0.25) is 0 Å². The Kier molecular flexibility index (Phi) is 9.10. The molecule has 0 N–H and O–H groups in total. The number of hydrogen-bond acceptors (Lipinski definition) is 5. The Bertz CT molecular complexity index is 1410. The molecule has 9 heteroatoms. The number of methoxy groups -OCH3 is 1. The van der Waals surface area contributed by atoms with E-state index in [1.807, 2.05) is 47.4 Å². The molecule has 0 spiro atoms. The second-order valence-electron chi connectivity index (χ2n) is 9.35. The minimum atomic E-state index is -0.295. The normalized spacial score (nSPS) is 18.3. The lowest BCUT2D eigenvalue weighted by Gasteiger charge is -2.30. The molecular weight excluding hydrogens is 647 g/mol. The second kappa shape index (κ2) is 12.7. The number of carbonyl (C=O) groups excluding carboxylic acids is 1. The van der Waals surface area contributed by atoms with Gasteiger partial charge in [-0.1, -0.05) is 49.6 Å². The van der Waals surface area contributed by atoms with Gasteiger partial charge < -0.3 is 9.47 Å². The number of hydrogen-bond donors (Lipinski definition) is 0. The fourth-order valence-corrected chi connectivity index (χ4v) is 6.71. The van der Waals surface area contributed by atoms with Crippen LogP contribution in [0.25, 0.3) is 6.08 Å². The van der Waals surface area contributed by atoms with Crippen molar-refractivity contribution in [3.8, 4) is 11.5 Å². The summed E-state index contributed by atoms with van der Waals surface area (Å²) in [5.41, 5.74) is 2.42. The first-order valence-electron chi connectivity index (χ1n) is 12.7. The van der Waals surface area contributed by atoms with Gasteiger partial charge in [-0.3, -0.25) is 9.69 Å². The predicted molar refractivity (Wildman–Crippen MR) is 162 cm³/mol. The Morgan fingerprint density at radius 3 is 2.46 bits per heavy atom. The van der Waals surface area contributed by atoms with Crippen molar-refractivity contribution in [1.29, 1.82) is 0 Å². The third-order valence-corrected chi connectivity index (χ3v) is 9.84. The van der Waals surface area contributed by atoms with Gasteiger partial charge in [-0.2, -0.15) is 0 Å². The van der Waals surface area contributed by atoms with Crippen LogP contribution in [-0.2, 0) is 11.4 Å². The van der Waals surface area contributed by atoms with Crippen LogP contribution >= 0.6 is 43.6 Å². The molecule has 1 saturated carbocycles. The Morgan fingerprint density at radius 1 is 1.05 bits per heavy atom. The van der Waals surface area contributed by atoms with E-state index in [9.17, 15) is 9.18 Å². The summed E-state index contributed by atoms with van der Waals surface area (Å²) in [5.74, 6) is 0.699. The molecule has 0 unspecified atom stereocenters. The van der Waals surface area contributed by atoms with Crippen molar-refractivity contribution in [3.05, 3.63) is 91.5 Å². The van der Waals surface area contributed by atoms with Gasteiger partial charge in [0, 0.05) is 10.5 Å². The number of thioether (sulfide) groups is 1. The van der Waals surface area contributed by atoms with E-state index in [0.29, 0.717) is 26.0 Å². The highest BCUT2D eigenvalue weighted by Gasteiger charge is 2.39.